The molecule has 0 bridgehead atoms. The summed E-state index contributed by atoms with van der Waals surface area (Å²) in [7, 11) is 1.27. The van der Waals surface area contributed by atoms with Crippen LogP contribution in [0.4, 0.5) is 10.5 Å². The summed E-state index contributed by atoms with van der Waals surface area (Å²) in [6, 6.07) is 4.27. The van der Waals surface area contributed by atoms with Crippen LogP contribution >= 0.6 is 0 Å². The predicted octanol–water partition coefficient (Wildman–Crippen LogP) is 0.702. The van der Waals surface area contributed by atoms with Gasteiger partial charge in [-0.25, -0.2) is 9.59 Å². The smallest absolute Gasteiger partial charge is 0.343 e. The van der Waals surface area contributed by atoms with Crippen LogP contribution in [-0.2, 0) is 9.53 Å². The van der Waals surface area contributed by atoms with Crippen LogP contribution in [0.3, 0.4) is 0 Å². The number of nitrogens with zero attached hydrogens (tertiary/aromatic N) is 1. The first-order valence-electron chi connectivity index (χ1n) is 5.43. The van der Waals surface area contributed by atoms with Gasteiger partial charge in [-0.1, -0.05) is 0 Å². The van der Waals surface area contributed by atoms with Gasteiger partial charge in [0.15, 0.2) is 6.61 Å². The van der Waals surface area contributed by atoms with Crippen molar-refractivity contribution in [3.63, 3.8) is 0 Å². The topological polar surface area (TPSA) is 110 Å². The van der Waals surface area contributed by atoms with Crippen LogP contribution < -0.4 is 16.2 Å². The summed E-state index contributed by atoms with van der Waals surface area (Å²) >= 11 is 0. The molecule has 0 spiro atoms. The van der Waals surface area contributed by atoms with E-state index in [1.807, 2.05) is 0 Å². The fraction of sp³-hybridized carbons (Fsp3) is 0.167. The van der Waals surface area contributed by atoms with Crippen molar-refractivity contribution in [2.24, 2.45) is 5.73 Å². The van der Waals surface area contributed by atoms with Crippen LogP contribution in [0, 0.1) is 0 Å². The van der Waals surface area contributed by atoms with Gasteiger partial charge in [-0.3, -0.25) is 4.57 Å². The summed E-state index contributed by atoms with van der Waals surface area (Å²) in [5, 5.41) is 0.684. The molecule has 4 N–H and O–H groups in total. The summed E-state index contributed by atoms with van der Waals surface area (Å²) in [5.41, 5.74) is 12.0. The highest BCUT2D eigenvalue weighted by atomic mass is 16.6. The maximum Gasteiger partial charge on any atom is 0.343 e. The average molecular weight is 263 g/mol. The van der Waals surface area contributed by atoms with Gasteiger partial charge in [0.25, 0.3) is 0 Å². The molecule has 1 aromatic heterocycles. The van der Waals surface area contributed by atoms with Gasteiger partial charge in [-0.05, 0) is 12.1 Å². The van der Waals surface area contributed by atoms with Crippen molar-refractivity contribution in [1.82, 2.24) is 4.57 Å². The fourth-order valence-electron chi connectivity index (χ4n) is 1.71. The number of hydrogen-bond donors (Lipinski definition) is 2. The van der Waals surface area contributed by atoms with Gasteiger partial charge in [-0.15, -0.1) is 0 Å². The number of esters is 1. The van der Waals surface area contributed by atoms with Crippen LogP contribution in [-0.4, -0.2) is 30.3 Å². The number of carbonyl (C=O) groups is 2. The number of nitrogens with two attached hydrogens (primary N) is 2. The molecule has 2 aromatic rings. The second kappa shape index (κ2) is 4.89. The van der Waals surface area contributed by atoms with E-state index in [0.717, 1.165) is 0 Å². The zero-order valence-corrected chi connectivity index (χ0v) is 10.3. The maximum atomic E-state index is 11.3. The number of amides is 1. The standard InChI is InChI=1S/C12H13N3O4/c1-18-11(16)6-19-7-2-3-8-9(13)5-15(12(14)17)10(8)4-7/h2-5H,6,13H2,1H3,(H2,14,17). The molecule has 0 aliphatic heterocycles. The molecule has 0 unspecified atom stereocenters. The number of methoxy groups -OCH3 is 1. The lowest BCUT2D eigenvalue weighted by atomic mass is 10.2. The Balaban J connectivity index is 2.36. The van der Waals surface area contributed by atoms with Crippen LogP contribution in [0.2, 0.25) is 0 Å². The van der Waals surface area contributed by atoms with Gasteiger partial charge in [0.05, 0.1) is 18.3 Å². The van der Waals surface area contributed by atoms with Gasteiger partial charge < -0.3 is 20.9 Å². The Morgan fingerprint density at radius 1 is 1.37 bits per heavy atom. The van der Waals surface area contributed by atoms with Crippen molar-refractivity contribution in [3.05, 3.63) is 24.4 Å². The Hall–Kier alpha value is -2.70. The highest BCUT2D eigenvalue weighted by Gasteiger charge is 2.11. The first kappa shape index (κ1) is 12.7. The number of hydrogen-bond acceptors (Lipinski definition) is 5. The second-order valence-electron chi connectivity index (χ2n) is 3.84. The third-order valence-corrected chi connectivity index (χ3v) is 2.63. The number of carbonyl (C=O) groups excluding carboxylic acids is 2. The molecule has 0 fully saturated rings. The lowest BCUT2D eigenvalue weighted by Crippen LogP contribution is -2.18. The molecule has 0 atom stereocenters. The summed E-state index contributed by atoms with van der Waals surface area (Å²) in [6.45, 7) is -0.214. The summed E-state index contributed by atoms with van der Waals surface area (Å²) in [5.74, 6) is -0.0802. The molecule has 7 heteroatoms. The average Bonchev–Trinajstić information content (AvgIpc) is 2.73. The van der Waals surface area contributed by atoms with E-state index in [0.29, 0.717) is 22.3 Å². The fourth-order valence-corrected chi connectivity index (χ4v) is 1.71. The van der Waals surface area contributed by atoms with Crippen LogP contribution in [0.1, 0.15) is 0 Å². The van der Waals surface area contributed by atoms with Crippen molar-refractivity contribution in [3.8, 4) is 5.75 Å². The predicted molar refractivity (Wildman–Crippen MR) is 68.8 cm³/mol. The number of benzene rings is 1. The minimum Gasteiger partial charge on any atom is -0.482 e. The minimum atomic E-state index is -0.646. The van der Waals surface area contributed by atoms with E-state index in [9.17, 15) is 9.59 Å². The van der Waals surface area contributed by atoms with Gasteiger partial charge in [0, 0.05) is 17.6 Å². The van der Waals surface area contributed by atoms with Crippen LogP contribution in [0.15, 0.2) is 24.4 Å². The molecular weight excluding hydrogens is 250 g/mol. The zero-order valence-electron chi connectivity index (χ0n) is 10.3. The lowest BCUT2D eigenvalue weighted by Gasteiger charge is -2.05. The molecule has 1 heterocycles. The molecule has 0 saturated carbocycles. The number of rotatable bonds is 3. The molecule has 2 rings (SSSR count). The van der Waals surface area contributed by atoms with Crippen molar-refractivity contribution < 1.29 is 19.1 Å². The summed E-state index contributed by atoms with van der Waals surface area (Å²) < 4.78 is 10.9. The third kappa shape index (κ3) is 2.44. The SMILES string of the molecule is COC(=O)COc1ccc2c(N)cn(C(N)=O)c2c1. The molecule has 19 heavy (non-hydrogen) atoms. The number of aromatic nitrogens is 1. The molecule has 1 amide bonds. The quantitative estimate of drug-likeness (QED) is 0.792. The highest BCUT2D eigenvalue weighted by molar-refractivity contribution is 5.99. The number of ether oxygens (including phenoxy) is 2. The van der Waals surface area contributed by atoms with Crippen molar-refractivity contribution in [1.29, 1.82) is 0 Å². The molecule has 0 aliphatic carbocycles. The molecule has 0 radical (unpaired) electrons. The van der Waals surface area contributed by atoms with Crippen LogP contribution in [0.25, 0.3) is 10.9 Å². The van der Waals surface area contributed by atoms with Crippen molar-refractivity contribution >= 4 is 28.6 Å². The van der Waals surface area contributed by atoms with E-state index in [2.05, 4.69) is 4.74 Å². The van der Waals surface area contributed by atoms with E-state index >= 15 is 0 Å². The Labute approximate surface area is 108 Å². The van der Waals surface area contributed by atoms with E-state index in [-0.39, 0.29) is 6.61 Å². The van der Waals surface area contributed by atoms with Gasteiger partial charge in [0.1, 0.15) is 5.75 Å². The first-order valence-corrected chi connectivity index (χ1v) is 5.43. The first-order chi connectivity index (χ1) is 9.02. The zero-order chi connectivity index (χ0) is 14.0. The molecule has 0 aliphatic rings. The summed E-state index contributed by atoms with van der Waals surface area (Å²) in [4.78, 5) is 22.2. The van der Waals surface area contributed by atoms with E-state index in [4.69, 9.17) is 16.2 Å². The van der Waals surface area contributed by atoms with Gasteiger partial charge >= 0.3 is 12.0 Å². The molecule has 100 valence electrons. The molecule has 0 saturated heterocycles. The van der Waals surface area contributed by atoms with E-state index < -0.39 is 12.0 Å². The normalized spacial score (nSPS) is 10.4. The number of fused-ring (bicyclic) bond motifs is 1. The largest absolute Gasteiger partial charge is 0.482 e. The minimum absolute atomic E-state index is 0.214. The van der Waals surface area contributed by atoms with Gasteiger partial charge in [0.2, 0.25) is 0 Å². The molecular formula is C12H13N3O4. The van der Waals surface area contributed by atoms with E-state index in [1.165, 1.54) is 17.9 Å². The van der Waals surface area contributed by atoms with Crippen molar-refractivity contribution in [2.45, 2.75) is 0 Å². The molecule has 7 nitrogen and oxygen atoms in total. The summed E-state index contributed by atoms with van der Waals surface area (Å²) in [6.07, 6.45) is 1.44. The Kier molecular flexibility index (Phi) is 3.28. The van der Waals surface area contributed by atoms with Gasteiger partial charge in [-0.2, -0.15) is 0 Å². The lowest BCUT2D eigenvalue weighted by molar-refractivity contribution is -0.142. The Morgan fingerprint density at radius 2 is 2.11 bits per heavy atom. The van der Waals surface area contributed by atoms with Crippen molar-refractivity contribution in [2.75, 3.05) is 19.5 Å². The number of primary amides is 1. The number of anilines is 1. The highest BCUT2D eigenvalue weighted by Crippen LogP contribution is 2.27. The Morgan fingerprint density at radius 3 is 2.74 bits per heavy atom. The maximum absolute atomic E-state index is 11.3. The third-order valence-electron chi connectivity index (χ3n) is 2.63. The molecule has 1 aromatic carbocycles. The van der Waals surface area contributed by atoms with E-state index in [1.54, 1.807) is 18.2 Å². The number of nitrogen functional groups attached to an aromatic ring is 1. The van der Waals surface area contributed by atoms with Crippen LogP contribution in [0.5, 0.6) is 5.75 Å². The monoisotopic (exact) mass is 263 g/mol. The Bertz CT molecular complexity index is 648. The second-order valence-corrected chi connectivity index (χ2v) is 3.84.